The average molecular weight is 322 g/mol. The molecule has 2 N–H and O–H groups in total. The molecule has 1 rings (SSSR count). The second kappa shape index (κ2) is 9.34. The van der Waals surface area contributed by atoms with Crippen LogP contribution in [0.5, 0.6) is 11.5 Å². The standard InChI is InChI=1S/C16H22N2O5/c1-18(2)10-8-12(19)15-13(22-3)6-4-7-14(15)23-11-5-9-17-16(20)21/h4,6-8,10,17H,5,9,11H2,1-3H3,(H,20,21)/b10-8+. The number of carbonyl (C=O) groups excluding carboxylic acids is 1. The van der Waals surface area contributed by atoms with Gasteiger partial charge in [-0.1, -0.05) is 6.07 Å². The first kappa shape index (κ1) is 18.3. The quantitative estimate of drug-likeness (QED) is 0.411. The molecule has 0 heterocycles. The van der Waals surface area contributed by atoms with Gasteiger partial charge in [0, 0.05) is 32.9 Å². The van der Waals surface area contributed by atoms with E-state index in [-0.39, 0.29) is 18.9 Å². The van der Waals surface area contributed by atoms with E-state index in [1.54, 1.807) is 29.3 Å². The molecule has 0 bridgehead atoms. The van der Waals surface area contributed by atoms with Crippen molar-refractivity contribution in [1.82, 2.24) is 10.2 Å². The predicted octanol–water partition coefficient (Wildman–Crippen LogP) is 1.99. The Morgan fingerprint density at radius 1 is 1.30 bits per heavy atom. The van der Waals surface area contributed by atoms with E-state index in [4.69, 9.17) is 14.6 Å². The highest BCUT2D eigenvalue weighted by Crippen LogP contribution is 2.29. The highest BCUT2D eigenvalue weighted by atomic mass is 16.5. The van der Waals surface area contributed by atoms with Crippen LogP contribution in [0, 0.1) is 0 Å². The number of hydrogen-bond acceptors (Lipinski definition) is 5. The summed E-state index contributed by atoms with van der Waals surface area (Å²) in [5, 5.41) is 10.7. The molecule has 1 amide bonds. The van der Waals surface area contributed by atoms with Gasteiger partial charge in [-0.25, -0.2) is 4.79 Å². The smallest absolute Gasteiger partial charge is 0.404 e. The third-order valence-electron chi connectivity index (χ3n) is 2.83. The zero-order valence-electron chi connectivity index (χ0n) is 13.5. The second-order valence-corrected chi connectivity index (χ2v) is 4.91. The third kappa shape index (κ3) is 6.29. The van der Waals surface area contributed by atoms with Gasteiger partial charge in [-0.2, -0.15) is 0 Å². The highest BCUT2D eigenvalue weighted by Gasteiger charge is 2.16. The lowest BCUT2D eigenvalue weighted by atomic mass is 10.1. The van der Waals surface area contributed by atoms with Crippen molar-refractivity contribution < 1.29 is 24.2 Å². The number of carbonyl (C=O) groups is 2. The number of carboxylic acid groups (broad SMARTS) is 1. The van der Waals surface area contributed by atoms with E-state index in [0.717, 1.165) is 0 Å². The van der Waals surface area contributed by atoms with E-state index >= 15 is 0 Å². The summed E-state index contributed by atoms with van der Waals surface area (Å²) < 4.78 is 10.8. The molecule has 0 unspecified atom stereocenters. The van der Waals surface area contributed by atoms with E-state index in [1.165, 1.54) is 13.2 Å². The zero-order valence-corrected chi connectivity index (χ0v) is 13.5. The average Bonchev–Trinajstić information content (AvgIpc) is 2.51. The van der Waals surface area contributed by atoms with Crippen LogP contribution >= 0.6 is 0 Å². The maximum atomic E-state index is 12.4. The number of nitrogens with one attached hydrogen (secondary N) is 1. The molecule has 0 saturated carbocycles. The van der Waals surface area contributed by atoms with Gasteiger partial charge in [-0.15, -0.1) is 0 Å². The maximum absolute atomic E-state index is 12.4. The molecule has 23 heavy (non-hydrogen) atoms. The molecule has 0 atom stereocenters. The minimum absolute atomic E-state index is 0.227. The number of nitrogens with zero attached hydrogens (tertiary/aromatic N) is 1. The molecule has 7 heteroatoms. The summed E-state index contributed by atoms with van der Waals surface area (Å²) in [6, 6.07) is 5.11. The largest absolute Gasteiger partial charge is 0.496 e. The number of hydrogen-bond donors (Lipinski definition) is 2. The molecule has 0 spiro atoms. The first-order valence-corrected chi connectivity index (χ1v) is 7.11. The second-order valence-electron chi connectivity index (χ2n) is 4.91. The zero-order chi connectivity index (χ0) is 17.2. The summed E-state index contributed by atoms with van der Waals surface area (Å²) in [5.74, 6) is 0.613. The number of allylic oxidation sites excluding steroid dienone is 1. The Labute approximate surface area is 135 Å². The molecule has 0 saturated heterocycles. The molecule has 0 fully saturated rings. The summed E-state index contributed by atoms with van der Waals surface area (Å²) in [5.41, 5.74) is 0.347. The molecule has 7 nitrogen and oxygen atoms in total. The van der Waals surface area contributed by atoms with Gasteiger partial charge in [-0.3, -0.25) is 4.79 Å². The van der Waals surface area contributed by atoms with Gasteiger partial charge in [0.2, 0.25) is 0 Å². The van der Waals surface area contributed by atoms with Crippen LogP contribution in [0.15, 0.2) is 30.5 Å². The Morgan fingerprint density at radius 3 is 2.61 bits per heavy atom. The van der Waals surface area contributed by atoms with Crippen molar-refractivity contribution >= 4 is 11.9 Å². The summed E-state index contributed by atoms with van der Waals surface area (Å²) in [4.78, 5) is 24.5. The van der Waals surface area contributed by atoms with Gasteiger partial charge >= 0.3 is 6.09 Å². The van der Waals surface area contributed by atoms with Crippen LogP contribution in [-0.4, -0.2) is 56.2 Å². The minimum Gasteiger partial charge on any atom is -0.496 e. The van der Waals surface area contributed by atoms with Gasteiger partial charge in [0.15, 0.2) is 5.78 Å². The van der Waals surface area contributed by atoms with Crippen molar-refractivity contribution in [1.29, 1.82) is 0 Å². The van der Waals surface area contributed by atoms with Gasteiger partial charge in [0.25, 0.3) is 0 Å². The maximum Gasteiger partial charge on any atom is 0.404 e. The molecular formula is C16H22N2O5. The third-order valence-corrected chi connectivity index (χ3v) is 2.83. The monoisotopic (exact) mass is 322 g/mol. The lowest BCUT2D eigenvalue weighted by molar-refractivity contribution is 0.103. The minimum atomic E-state index is -1.07. The number of ether oxygens (including phenoxy) is 2. The van der Waals surface area contributed by atoms with E-state index in [0.29, 0.717) is 23.5 Å². The van der Waals surface area contributed by atoms with E-state index in [2.05, 4.69) is 5.32 Å². The molecule has 0 aliphatic rings. The predicted molar refractivity (Wildman–Crippen MR) is 86.3 cm³/mol. The van der Waals surface area contributed by atoms with Crippen molar-refractivity contribution in [3.8, 4) is 11.5 Å². The van der Waals surface area contributed by atoms with Gasteiger partial charge < -0.3 is 24.8 Å². The first-order chi connectivity index (χ1) is 11.0. The van der Waals surface area contributed by atoms with Crippen LogP contribution in [0.3, 0.4) is 0 Å². The number of benzene rings is 1. The van der Waals surface area contributed by atoms with Crippen molar-refractivity contribution in [3.63, 3.8) is 0 Å². The SMILES string of the molecule is COc1cccc(OCCCNC(=O)O)c1C(=O)/C=C/N(C)C. The Hall–Kier alpha value is -2.70. The van der Waals surface area contributed by atoms with Crippen LogP contribution in [0.25, 0.3) is 0 Å². The summed E-state index contributed by atoms with van der Waals surface area (Å²) in [6.45, 7) is 0.564. The Balaban J connectivity index is 2.82. The topological polar surface area (TPSA) is 88.1 Å². The van der Waals surface area contributed by atoms with Crippen molar-refractivity contribution in [2.24, 2.45) is 0 Å². The van der Waals surface area contributed by atoms with Gasteiger partial charge in [0.05, 0.1) is 13.7 Å². The van der Waals surface area contributed by atoms with E-state index < -0.39 is 6.09 Å². The molecule has 0 aromatic heterocycles. The van der Waals surface area contributed by atoms with Crippen molar-refractivity contribution in [2.75, 3.05) is 34.4 Å². The van der Waals surface area contributed by atoms with Crippen molar-refractivity contribution in [2.45, 2.75) is 6.42 Å². The highest BCUT2D eigenvalue weighted by molar-refractivity contribution is 6.08. The number of ketones is 1. The Bertz CT molecular complexity index is 570. The van der Waals surface area contributed by atoms with E-state index in [9.17, 15) is 9.59 Å². The van der Waals surface area contributed by atoms with Gasteiger partial charge in [0.1, 0.15) is 17.1 Å². The fourth-order valence-electron chi connectivity index (χ4n) is 1.79. The van der Waals surface area contributed by atoms with Crippen LogP contribution in [0.1, 0.15) is 16.8 Å². The van der Waals surface area contributed by atoms with Crippen LogP contribution < -0.4 is 14.8 Å². The molecule has 0 aliphatic carbocycles. The number of amides is 1. The normalized spacial score (nSPS) is 10.4. The first-order valence-electron chi connectivity index (χ1n) is 7.11. The summed E-state index contributed by atoms with van der Waals surface area (Å²) >= 11 is 0. The Morgan fingerprint density at radius 2 is 2.00 bits per heavy atom. The summed E-state index contributed by atoms with van der Waals surface area (Å²) in [6.07, 6.45) is 2.51. The molecule has 0 aliphatic heterocycles. The van der Waals surface area contributed by atoms with Gasteiger partial charge in [-0.05, 0) is 18.6 Å². The fraction of sp³-hybridized carbons (Fsp3) is 0.375. The summed E-state index contributed by atoms with van der Waals surface area (Å²) in [7, 11) is 5.13. The Kier molecular flexibility index (Phi) is 7.45. The molecule has 1 aromatic rings. The molecule has 0 radical (unpaired) electrons. The molecule has 1 aromatic carbocycles. The molecular weight excluding hydrogens is 300 g/mol. The number of rotatable bonds is 9. The van der Waals surface area contributed by atoms with Crippen LogP contribution in [-0.2, 0) is 0 Å². The lowest BCUT2D eigenvalue weighted by Crippen LogP contribution is -2.23. The van der Waals surface area contributed by atoms with Crippen LogP contribution in [0.4, 0.5) is 4.79 Å². The number of methoxy groups -OCH3 is 1. The van der Waals surface area contributed by atoms with E-state index in [1.807, 2.05) is 14.1 Å². The lowest BCUT2D eigenvalue weighted by Gasteiger charge is -2.13. The fourth-order valence-corrected chi connectivity index (χ4v) is 1.79. The molecule has 126 valence electrons. The van der Waals surface area contributed by atoms with Crippen molar-refractivity contribution in [3.05, 3.63) is 36.0 Å². The van der Waals surface area contributed by atoms with Crippen LogP contribution in [0.2, 0.25) is 0 Å².